The van der Waals surface area contributed by atoms with Gasteiger partial charge < -0.3 is 10.2 Å². The number of allylic oxidation sites excluding steroid dienone is 1. The van der Waals surface area contributed by atoms with Gasteiger partial charge in [-0.1, -0.05) is 60.8 Å². The van der Waals surface area contributed by atoms with E-state index in [1.54, 1.807) is 6.07 Å². The van der Waals surface area contributed by atoms with E-state index in [4.69, 9.17) is 23.2 Å². The Bertz CT molecular complexity index is 922. The van der Waals surface area contributed by atoms with Gasteiger partial charge in [0.15, 0.2) is 0 Å². The summed E-state index contributed by atoms with van der Waals surface area (Å²) in [6.45, 7) is 4.74. The third kappa shape index (κ3) is 3.13. The van der Waals surface area contributed by atoms with Crippen molar-refractivity contribution in [2.75, 3.05) is 0 Å². The van der Waals surface area contributed by atoms with Crippen molar-refractivity contribution in [3.63, 3.8) is 0 Å². The predicted molar refractivity (Wildman–Crippen MR) is 124 cm³/mol. The van der Waals surface area contributed by atoms with Crippen molar-refractivity contribution in [1.82, 2.24) is 0 Å². The van der Waals surface area contributed by atoms with Crippen molar-refractivity contribution in [3.05, 3.63) is 51.0 Å². The molecule has 0 bridgehead atoms. The summed E-state index contributed by atoms with van der Waals surface area (Å²) >= 11 is 12.5. The molecule has 0 heterocycles. The molecule has 162 valence electrons. The molecular weight excluding hydrogens is 415 g/mol. The maximum atomic E-state index is 11.4. The molecule has 0 aromatic heterocycles. The van der Waals surface area contributed by atoms with Crippen LogP contribution in [0, 0.1) is 28.6 Å². The second kappa shape index (κ2) is 7.37. The number of fused-ring (bicyclic) bond motifs is 5. The number of hydrogen-bond acceptors (Lipinski definition) is 2. The van der Waals surface area contributed by atoms with Gasteiger partial charge >= 0.3 is 0 Å². The van der Waals surface area contributed by atoms with E-state index in [2.05, 4.69) is 26.0 Å². The zero-order chi connectivity index (χ0) is 21.3. The van der Waals surface area contributed by atoms with E-state index >= 15 is 0 Å². The zero-order valence-electron chi connectivity index (χ0n) is 17.9. The van der Waals surface area contributed by atoms with E-state index in [-0.39, 0.29) is 16.9 Å². The van der Waals surface area contributed by atoms with E-state index in [9.17, 15) is 10.2 Å². The smallest absolute Gasteiger partial charge is 0.0809 e. The Balaban J connectivity index is 1.48. The number of halogens is 2. The fraction of sp³-hybridized carbons (Fsp3) is 0.615. The van der Waals surface area contributed by atoms with Gasteiger partial charge in [0, 0.05) is 15.5 Å². The molecule has 4 heteroatoms. The summed E-state index contributed by atoms with van der Waals surface area (Å²) in [6, 6.07) is 5.58. The fourth-order valence-corrected chi connectivity index (χ4v) is 7.92. The highest BCUT2D eigenvalue weighted by Gasteiger charge is 2.59. The molecule has 2 nitrogen and oxygen atoms in total. The average molecular weight is 447 g/mol. The lowest BCUT2D eigenvalue weighted by Crippen LogP contribution is -2.51. The number of aliphatic hydroxyl groups is 2. The maximum Gasteiger partial charge on any atom is 0.0809 e. The largest absolute Gasteiger partial charge is 0.393 e. The highest BCUT2D eigenvalue weighted by Crippen LogP contribution is 2.65. The first kappa shape index (κ1) is 21.1. The molecule has 1 aromatic rings. The van der Waals surface area contributed by atoms with Crippen LogP contribution in [0.3, 0.4) is 0 Å². The number of benzene rings is 1. The molecule has 7 atom stereocenters. The highest BCUT2D eigenvalue weighted by molar-refractivity contribution is 6.35. The molecular formula is C26H32Cl2O2. The van der Waals surface area contributed by atoms with Crippen molar-refractivity contribution in [2.24, 2.45) is 28.6 Å². The third-order valence-corrected chi connectivity index (χ3v) is 9.81. The van der Waals surface area contributed by atoms with E-state index < -0.39 is 6.10 Å². The summed E-state index contributed by atoms with van der Waals surface area (Å²) in [4.78, 5) is 0. The first-order chi connectivity index (χ1) is 14.2. The molecule has 30 heavy (non-hydrogen) atoms. The molecule has 4 aliphatic carbocycles. The van der Waals surface area contributed by atoms with E-state index in [0.29, 0.717) is 27.8 Å². The van der Waals surface area contributed by atoms with Crippen LogP contribution in [0.4, 0.5) is 0 Å². The topological polar surface area (TPSA) is 40.5 Å². The Morgan fingerprint density at radius 2 is 1.83 bits per heavy atom. The van der Waals surface area contributed by atoms with Crippen LogP contribution in [0.1, 0.15) is 64.4 Å². The fourth-order valence-electron chi connectivity index (χ4n) is 7.46. The molecule has 0 unspecified atom stereocenters. The predicted octanol–water partition coefficient (Wildman–Crippen LogP) is 6.67. The summed E-state index contributed by atoms with van der Waals surface area (Å²) in [6.07, 6.45) is 11.1. The lowest BCUT2D eigenvalue weighted by molar-refractivity contribution is -0.0685. The Kier molecular flexibility index (Phi) is 5.18. The van der Waals surface area contributed by atoms with Gasteiger partial charge in [-0.25, -0.2) is 0 Å². The van der Waals surface area contributed by atoms with Crippen molar-refractivity contribution in [1.29, 1.82) is 0 Å². The normalized spacial score (nSPS) is 44.3. The van der Waals surface area contributed by atoms with Gasteiger partial charge in [0.25, 0.3) is 0 Å². The summed E-state index contributed by atoms with van der Waals surface area (Å²) in [5.74, 6) is 1.76. The Labute approximate surface area is 190 Å². The van der Waals surface area contributed by atoms with E-state index in [0.717, 1.165) is 49.7 Å². The van der Waals surface area contributed by atoms with Gasteiger partial charge in [-0.3, -0.25) is 0 Å². The molecule has 0 amide bonds. The molecule has 4 aliphatic rings. The van der Waals surface area contributed by atoms with Crippen molar-refractivity contribution in [3.8, 4) is 0 Å². The van der Waals surface area contributed by atoms with Gasteiger partial charge in [0.1, 0.15) is 0 Å². The first-order valence-corrected chi connectivity index (χ1v) is 12.2. The average Bonchev–Trinajstić information content (AvgIpc) is 2.95. The summed E-state index contributed by atoms with van der Waals surface area (Å²) < 4.78 is 0. The summed E-state index contributed by atoms with van der Waals surface area (Å²) in [5, 5.41) is 22.9. The van der Waals surface area contributed by atoms with Gasteiger partial charge in [-0.2, -0.15) is 0 Å². The highest BCUT2D eigenvalue weighted by atomic mass is 35.5. The van der Waals surface area contributed by atoms with Crippen LogP contribution in [0.25, 0.3) is 6.08 Å². The standard InChI is InChI=1S/C26H32Cl2O2/c1-25-9-7-19(29)13-17(25)4-6-20-21(25)8-10-26(2)22(20)12-16(24(26)30)11-15-3-5-18(27)14-23(15)28/h3-5,11,14,19-22,24,29-30H,6-10,12-13H2,1-2H3/b16-11-/t19-,20-,21+,22+,24-,25-,26-/m0/s1. The molecule has 1 aromatic carbocycles. The van der Waals surface area contributed by atoms with E-state index in [1.165, 1.54) is 12.0 Å². The molecule has 0 aliphatic heterocycles. The monoisotopic (exact) mass is 446 g/mol. The van der Waals surface area contributed by atoms with Crippen LogP contribution in [0.15, 0.2) is 35.4 Å². The number of rotatable bonds is 1. The van der Waals surface area contributed by atoms with E-state index in [1.807, 2.05) is 12.1 Å². The lowest BCUT2D eigenvalue weighted by Gasteiger charge is -2.57. The summed E-state index contributed by atoms with van der Waals surface area (Å²) in [7, 11) is 0. The molecule has 3 fully saturated rings. The second-order valence-corrected chi connectivity index (χ2v) is 11.5. The molecule has 0 radical (unpaired) electrons. The van der Waals surface area contributed by atoms with Crippen molar-refractivity contribution >= 4 is 29.3 Å². The van der Waals surface area contributed by atoms with Gasteiger partial charge in [0.05, 0.1) is 12.2 Å². The molecule has 5 rings (SSSR count). The van der Waals surface area contributed by atoms with Gasteiger partial charge in [-0.15, -0.1) is 0 Å². The minimum Gasteiger partial charge on any atom is -0.393 e. The quantitative estimate of drug-likeness (QED) is 0.472. The lowest BCUT2D eigenvalue weighted by atomic mass is 9.48. The van der Waals surface area contributed by atoms with Gasteiger partial charge in [-0.05, 0) is 91.4 Å². The molecule has 2 N–H and O–H groups in total. The Hall–Kier alpha value is -0.800. The van der Waals surface area contributed by atoms with Crippen molar-refractivity contribution < 1.29 is 10.2 Å². The number of hydrogen-bond donors (Lipinski definition) is 2. The second-order valence-electron chi connectivity index (χ2n) is 10.7. The molecule has 0 saturated heterocycles. The Morgan fingerprint density at radius 3 is 2.60 bits per heavy atom. The molecule has 0 spiro atoms. The van der Waals surface area contributed by atoms with Crippen LogP contribution < -0.4 is 0 Å². The van der Waals surface area contributed by atoms with Crippen LogP contribution in [-0.4, -0.2) is 22.4 Å². The zero-order valence-corrected chi connectivity index (χ0v) is 19.4. The van der Waals surface area contributed by atoms with Crippen molar-refractivity contribution in [2.45, 2.75) is 71.0 Å². The van der Waals surface area contributed by atoms with Crippen LogP contribution in [-0.2, 0) is 0 Å². The first-order valence-electron chi connectivity index (χ1n) is 11.4. The SMILES string of the molecule is C[C@]12CC[C@@H]3[C@H](CC=C4C[C@@H](O)CC[C@@]43C)[C@H]1C/C(=C/c1ccc(Cl)cc1Cl)[C@@H]2O. The van der Waals surface area contributed by atoms with Gasteiger partial charge in [0.2, 0.25) is 0 Å². The Morgan fingerprint density at radius 1 is 1.03 bits per heavy atom. The van der Waals surface area contributed by atoms with Crippen LogP contribution in [0.5, 0.6) is 0 Å². The van der Waals surface area contributed by atoms with Crippen LogP contribution in [0.2, 0.25) is 10.0 Å². The van der Waals surface area contributed by atoms with Crippen LogP contribution >= 0.6 is 23.2 Å². The number of aliphatic hydroxyl groups excluding tert-OH is 2. The summed E-state index contributed by atoms with van der Waals surface area (Å²) in [5.41, 5.74) is 3.70. The minimum absolute atomic E-state index is 0.0677. The maximum absolute atomic E-state index is 11.4. The third-order valence-electron chi connectivity index (χ3n) is 9.25. The molecule has 3 saturated carbocycles. The minimum atomic E-state index is -0.415.